The number of ether oxygens (including phenoxy) is 2. The van der Waals surface area contributed by atoms with Gasteiger partial charge in [0.05, 0.1) is 34.0 Å². The Kier molecular flexibility index (Phi) is 8.09. The number of hydrogen-bond acceptors (Lipinski definition) is 6. The first kappa shape index (κ1) is 26.2. The van der Waals surface area contributed by atoms with Crippen LogP contribution in [-0.4, -0.2) is 23.5 Å². The second-order valence-corrected chi connectivity index (χ2v) is 8.90. The van der Waals surface area contributed by atoms with Gasteiger partial charge in [-0.05, 0) is 61.1 Å². The molecule has 10 heteroatoms. The molecule has 1 heterocycles. The van der Waals surface area contributed by atoms with Crippen molar-refractivity contribution in [3.63, 3.8) is 0 Å². The number of carbonyl (C=O) groups is 2. The van der Waals surface area contributed by atoms with Crippen LogP contribution in [0.4, 0.5) is 5.69 Å². The van der Waals surface area contributed by atoms with Crippen LogP contribution in [-0.2, 0) is 16.2 Å². The summed E-state index contributed by atoms with van der Waals surface area (Å²) in [7, 11) is 0. The number of halogens is 2. The Balaban J connectivity index is 1.64. The van der Waals surface area contributed by atoms with Gasteiger partial charge in [-0.3, -0.25) is 19.8 Å². The molecule has 3 aromatic carbocycles. The summed E-state index contributed by atoms with van der Waals surface area (Å²) in [5.41, 5.74) is 1.89. The number of amides is 2. The Morgan fingerprint density at radius 1 is 1.05 bits per heavy atom. The van der Waals surface area contributed by atoms with E-state index in [1.54, 1.807) is 48.5 Å². The topological polar surface area (TPSA) is 91.7 Å². The summed E-state index contributed by atoms with van der Waals surface area (Å²) in [6, 6.07) is 19.1. The highest BCUT2D eigenvalue weighted by molar-refractivity contribution is 7.80. The van der Waals surface area contributed by atoms with Gasteiger partial charge in [0.2, 0.25) is 0 Å². The highest BCUT2D eigenvalue weighted by Crippen LogP contribution is 2.35. The molecule has 1 fully saturated rings. The van der Waals surface area contributed by atoms with E-state index in [-0.39, 0.29) is 33.0 Å². The number of thiocarbonyl (C=S) groups is 1. The summed E-state index contributed by atoms with van der Waals surface area (Å²) < 4.78 is 11.7. The Hall–Kier alpha value is -3.90. The van der Waals surface area contributed by atoms with Gasteiger partial charge in [0.15, 0.2) is 16.6 Å². The molecule has 37 heavy (non-hydrogen) atoms. The zero-order valence-corrected chi connectivity index (χ0v) is 21.8. The SMILES string of the molecule is CCOc1cc(/C=C2\C(=O)NC(=S)N(c3cccc(Cl)c3Cl)C2=O)ccc1OCc1ccccc1C#N. The molecule has 0 unspecified atom stereocenters. The number of nitrogens with zero attached hydrogens (tertiary/aromatic N) is 2. The average Bonchev–Trinajstić information content (AvgIpc) is 2.88. The molecule has 0 spiro atoms. The largest absolute Gasteiger partial charge is 0.490 e. The zero-order valence-electron chi connectivity index (χ0n) is 19.5. The number of anilines is 1. The van der Waals surface area contributed by atoms with E-state index in [1.807, 2.05) is 19.1 Å². The van der Waals surface area contributed by atoms with Crippen molar-refractivity contribution in [3.05, 3.63) is 93.0 Å². The molecule has 0 aromatic heterocycles. The summed E-state index contributed by atoms with van der Waals surface area (Å²) >= 11 is 17.6. The minimum absolute atomic E-state index is 0.104. The monoisotopic (exact) mass is 551 g/mol. The predicted octanol–water partition coefficient (Wildman–Crippen LogP) is 5.67. The number of nitriles is 1. The van der Waals surface area contributed by atoms with Gasteiger partial charge in [0.25, 0.3) is 11.8 Å². The van der Waals surface area contributed by atoms with Crippen molar-refractivity contribution in [2.24, 2.45) is 0 Å². The van der Waals surface area contributed by atoms with E-state index in [1.165, 1.54) is 6.08 Å². The zero-order chi connectivity index (χ0) is 26.5. The second kappa shape index (κ2) is 11.4. The van der Waals surface area contributed by atoms with Gasteiger partial charge in [-0.15, -0.1) is 0 Å². The van der Waals surface area contributed by atoms with Crippen molar-refractivity contribution in [1.82, 2.24) is 5.32 Å². The molecule has 0 atom stereocenters. The van der Waals surface area contributed by atoms with Crippen molar-refractivity contribution in [1.29, 1.82) is 5.26 Å². The maximum absolute atomic E-state index is 13.3. The Bertz CT molecular complexity index is 1480. The Morgan fingerprint density at radius 2 is 1.84 bits per heavy atom. The normalized spacial score (nSPS) is 14.4. The van der Waals surface area contributed by atoms with Crippen molar-refractivity contribution >= 4 is 64.1 Å². The fourth-order valence-corrected chi connectivity index (χ4v) is 4.27. The summed E-state index contributed by atoms with van der Waals surface area (Å²) in [5.74, 6) is -0.426. The number of rotatable bonds is 7. The van der Waals surface area contributed by atoms with E-state index >= 15 is 0 Å². The molecule has 2 amide bonds. The molecular formula is C27H19Cl2N3O4S. The lowest BCUT2D eigenvalue weighted by atomic mass is 10.1. The van der Waals surface area contributed by atoms with Gasteiger partial charge in [0.1, 0.15) is 12.2 Å². The van der Waals surface area contributed by atoms with E-state index in [4.69, 9.17) is 44.9 Å². The fourth-order valence-electron chi connectivity index (χ4n) is 3.62. The van der Waals surface area contributed by atoms with Crippen LogP contribution in [0.2, 0.25) is 10.0 Å². The molecule has 4 rings (SSSR count). The third-order valence-electron chi connectivity index (χ3n) is 5.37. The quantitative estimate of drug-likeness (QED) is 0.231. The Labute approximate surface area is 228 Å². The van der Waals surface area contributed by atoms with Crippen LogP contribution in [0.15, 0.2) is 66.2 Å². The second-order valence-electron chi connectivity index (χ2n) is 7.73. The molecule has 1 N–H and O–H groups in total. The molecule has 1 aliphatic rings. The number of hydrogen-bond donors (Lipinski definition) is 1. The van der Waals surface area contributed by atoms with E-state index in [0.717, 1.165) is 10.5 Å². The molecule has 0 bridgehead atoms. The van der Waals surface area contributed by atoms with Crippen molar-refractivity contribution in [3.8, 4) is 17.6 Å². The standard InChI is InChI=1S/C27H19Cl2N3O4S/c1-2-35-23-13-16(10-11-22(23)36-15-18-7-4-3-6-17(18)14-30)12-19-25(33)31-27(37)32(26(19)34)21-9-5-8-20(28)24(21)29/h3-13H,2,15H2,1H3,(H,31,33,37)/b19-12+. The van der Waals surface area contributed by atoms with Crippen LogP contribution in [0.5, 0.6) is 11.5 Å². The smallest absolute Gasteiger partial charge is 0.270 e. The van der Waals surface area contributed by atoms with E-state index in [9.17, 15) is 14.9 Å². The van der Waals surface area contributed by atoms with Gasteiger partial charge in [-0.1, -0.05) is 53.5 Å². The van der Waals surface area contributed by atoms with E-state index in [0.29, 0.717) is 29.2 Å². The van der Waals surface area contributed by atoms with Gasteiger partial charge < -0.3 is 9.47 Å². The Morgan fingerprint density at radius 3 is 2.59 bits per heavy atom. The molecule has 0 aliphatic carbocycles. The van der Waals surface area contributed by atoms with Crippen molar-refractivity contribution < 1.29 is 19.1 Å². The molecular weight excluding hydrogens is 533 g/mol. The lowest BCUT2D eigenvalue weighted by Crippen LogP contribution is -2.54. The molecule has 3 aromatic rings. The highest BCUT2D eigenvalue weighted by atomic mass is 35.5. The lowest BCUT2D eigenvalue weighted by Gasteiger charge is -2.29. The van der Waals surface area contributed by atoms with Crippen LogP contribution in [0, 0.1) is 11.3 Å². The lowest BCUT2D eigenvalue weighted by molar-refractivity contribution is -0.122. The predicted molar refractivity (Wildman–Crippen MR) is 146 cm³/mol. The third kappa shape index (κ3) is 5.59. The minimum atomic E-state index is -0.649. The molecule has 1 aliphatic heterocycles. The van der Waals surface area contributed by atoms with Crippen molar-refractivity contribution in [2.75, 3.05) is 11.5 Å². The summed E-state index contributed by atoms with van der Waals surface area (Å²) in [5, 5.41) is 12.1. The molecule has 1 saturated heterocycles. The fraction of sp³-hybridized carbons (Fsp3) is 0.111. The van der Waals surface area contributed by atoms with Gasteiger partial charge >= 0.3 is 0 Å². The number of benzene rings is 3. The maximum Gasteiger partial charge on any atom is 0.270 e. The average molecular weight is 552 g/mol. The van der Waals surface area contributed by atoms with Crippen LogP contribution in [0.25, 0.3) is 6.08 Å². The molecule has 7 nitrogen and oxygen atoms in total. The summed E-state index contributed by atoms with van der Waals surface area (Å²) in [6.07, 6.45) is 1.43. The molecule has 0 radical (unpaired) electrons. The first-order valence-corrected chi connectivity index (χ1v) is 12.2. The van der Waals surface area contributed by atoms with Crippen LogP contribution in [0.3, 0.4) is 0 Å². The highest BCUT2D eigenvalue weighted by Gasteiger charge is 2.35. The van der Waals surface area contributed by atoms with Crippen LogP contribution >= 0.6 is 35.4 Å². The maximum atomic E-state index is 13.3. The summed E-state index contributed by atoms with van der Waals surface area (Å²) in [4.78, 5) is 27.2. The van der Waals surface area contributed by atoms with Gasteiger partial charge in [-0.25, -0.2) is 0 Å². The van der Waals surface area contributed by atoms with E-state index < -0.39 is 11.8 Å². The van der Waals surface area contributed by atoms with Crippen LogP contribution in [0.1, 0.15) is 23.6 Å². The van der Waals surface area contributed by atoms with Gasteiger partial charge in [0, 0.05) is 5.56 Å². The number of carbonyl (C=O) groups excluding carboxylic acids is 2. The third-order valence-corrected chi connectivity index (χ3v) is 6.47. The van der Waals surface area contributed by atoms with Gasteiger partial charge in [-0.2, -0.15) is 5.26 Å². The summed E-state index contributed by atoms with van der Waals surface area (Å²) in [6.45, 7) is 2.35. The molecule has 0 saturated carbocycles. The molecule has 186 valence electrons. The van der Waals surface area contributed by atoms with Crippen LogP contribution < -0.4 is 19.7 Å². The first-order chi connectivity index (χ1) is 17.8. The van der Waals surface area contributed by atoms with E-state index in [2.05, 4.69) is 11.4 Å². The minimum Gasteiger partial charge on any atom is -0.490 e. The first-order valence-electron chi connectivity index (χ1n) is 11.1. The number of nitrogens with one attached hydrogen (secondary N) is 1. The van der Waals surface area contributed by atoms with Crippen molar-refractivity contribution in [2.45, 2.75) is 13.5 Å².